The van der Waals surface area contributed by atoms with Crippen molar-refractivity contribution in [3.05, 3.63) is 11.6 Å². The van der Waals surface area contributed by atoms with Crippen LogP contribution in [0.2, 0.25) is 5.15 Å². The molecule has 44 valence electrons. The van der Waals surface area contributed by atoms with E-state index in [4.69, 9.17) is 11.6 Å². The number of hydrogen-bond acceptors (Lipinski definition) is 2. The van der Waals surface area contributed by atoms with Gasteiger partial charge >= 0.3 is 0 Å². The molecule has 0 bridgehead atoms. The van der Waals surface area contributed by atoms with E-state index < -0.39 is 0 Å². The van der Waals surface area contributed by atoms with Gasteiger partial charge in [0.25, 0.3) is 0 Å². The lowest BCUT2D eigenvalue weighted by atomic mass is 10.8. The molecule has 0 amide bonds. The zero-order valence-electron chi connectivity index (χ0n) is 3.49. The third-order valence-corrected chi connectivity index (χ3v) is 5.47. The smallest absolute Gasteiger partial charge is 0.157 e. The fourth-order valence-corrected chi connectivity index (χ4v) is 2.21. The summed E-state index contributed by atoms with van der Waals surface area (Å²) in [6.45, 7) is 0. The summed E-state index contributed by atoms with van der Waals surface area (Å²) in [5.41, 5.74) is 0. The lowest BCUT2D eigenvalue weighted by Crippen LogP contribution is -1.64. The van der Waals surface area contributed by atoms with E-state index in [-0.39, 0.29) is 0 Å². The molecule has 0 atom stereocenters. The predicted molar refractivity (Wildman–Crippen MR) is 52.6 cm³/mol. The summed E-state index contributed by atoms with van der Waals surface area (Å²) in [7, 11) is 0. The van der Waals surface area contributed by atoms with Crippen LogP contribution in [0.25, 0.3) is 0 Å². The highest BCUT2D eigenvalue weighted by molar-refractivity contribution is 14.1. The van der Waals surface area contributed by atoms with Gasteiger partial charge in [0.15, 0.2) is 5.15 Å². The van der Waals surface area contributed by atoms with Gasteiger partial charge in [-0.2, -0.15) is 4.37 Å². The van der Waals surface area contributed by atoms with E-state index in [0.29, 0.717) is 5.15 Å². The summed E-state index contributed by atoms with van der Waals surface area (Å²) in [5, 5.41) is 0.625. The molecule has 0 aliphatic carbocycles. The topological polar surface area (TPSA) is 12.9 Å². The van der Waals surface area contributed by atoms with E-state index in [1.54, 1.807) is 0 Å². The number of nitrogens with zero attached hydrogens (tertiary/aromatic N) is 1. The van der Waals surface area contributed by atoms with Gasteiger partial charge in [0.1, 0.15) is 2.88 Å². The molecular weight excluding hydrogens is 371 g/mol. The molecule has 1 aromatic rings. The minimum Gasteiger partial charge on any atom is -0.179 e. The average molecular weight is 371 g/mol. The molecule has 0 aliphatic rings. The summed E-state index contributed by atoms with van der Waals surface area (Å²) in [5.74, 6) is 0. The second kappa shape index (κ2) is 2.98. The van der Waals surface area contributed by atoms with Crippen LogP contribution in [0.1, 0.15) is 0 Å². The Labute approximate surface area is 83.3 Å². The quantitative estimate of drug-likeness (QED) is 0.639. The van der Waals surface area contributed by atoms with E-state index >= 15 is 0 Å². The normalized spacial score (nSPS) is 9.88. The van der Waals surface area contributed by atoms with Crippen LogP contribution in [0.4, 0.5) is 0 Å². The third-order valence-electron chi connectivity index (χ3n) is 0.560. The number of aromatic nitrogens is 1. The van der Waals surface area contributed by atoms with Gasteiger partial charge in [-0.1, -0.05) is 11.6 Å². The molecule has 8 heavy (non-hydrogen) atoms. The van der Waals surface area contributed by atoms with Crippen LogP contribution >= 0.6 is 68.3 Å². The Bertz CT molecular complexity index is 180. The third kappa shape index (κ3) is 1.45. The second-order valence-electron chi connectivity index (χ2n) is 1.06. The van der Waals surface area contributed by atoms with Crippen LogP contribution in [0.5, 0.6) is 0 Å². The van der Waals surface area contributed by atoms with Crippen LogP contribution in [-0.2, 0) is 0 Å². The zero-order chi connectivity index (χ0) is 6.15. The zero-order valence-corrected chi connectivity index (χ0v) is 9.38. The van der Waals surface area contributed by atoms with Gasteiger partial charge in [-0.05, 0) is 56.7 Å². The van der Waals surface area contributed by atoms with Crippen LogP contribution in [0, 0.1) is 6.45 Å². The first kappa shape index (κ1) is 7.49. The van der Waals surface area contributed by atoms with E-state index in [1.807, 2.05) is 0 Å². The van der Waals surface area contributed by atoms with Gasteiger partial charge in [0.05, 0.1) is 3.57 Å². The Morgan fingerprint density at radius 1 is 1.50 bits per heavy atom. The van der Waals surface area contributed by atoms with Crippen molar-refractivity contribution in [3.63, 3.8) is 0 Å². The molecule has 1 nitrogen and oxygen atoms in total. The fraction of sp³-hybridized carbons (Fsp3) is 0. The van der Waals surface area contributed by atoms with E-state index in [9.17, 15) is 0 Å². The summed E-state index contributed by atoms with van der Waals surface area (Å²) in [6, 6.07) is 0. The van der Waals surface area contributed by atoms with Crippen LogP contribution in [0.3, 0.4) is 0 Å². The highest BCUT2D eigenvalue weighted by Gasteiger charge is 2.03. The molecule has 1 aromatic heterocycles. The maximum atomic E-state index is 5.62. The number of halogens is 3. The van der Waals surface area contributed by atoms with Crippen LogP contribution < -0.4 is 0 Å². The van der Waals surface area contributed by atoms with Gasteiger partial charge in [0, 0.05) is 0 Å². The van der Waals surface area contributed by atoms with E-state index in [0.717, 1.165) is 6.45 Å². The Kier molecular flexibility index (Phi) is 2.79. The van der Waals surface area contributed by atoms with Crippen molar-refractivity contribution >= 4 is 68.3 Å². The van der Waals surface area contributed by atoms with Crippen molar-refractivity contribution < 1.29 is 0 Å². The van der Waals surface area contributed by atoms with Crippen molar-refractivity contribution in [2.24, 2.45) is 0 Å². The summed E-state index contributed by atoms with van der Waals surface area (Å²) >= 11 is 11.4. The molecule has 1 heterocycles. The Hall–Kier alpha value is 1.38. The molecule has 0 spiro atoms. The molecule has 0 fully saturated rings. The molecule has 5 heteroatoms. The maximum Gasteiger partial charge on any atom is 0.157 e. The average Bonchev–Trinajstić information content (AvgIpc) is 1.98. The van der Waals surface area contributed by atoms with Gasteiger partial charge in [-0.15, -0.1) is 0 Å². The highest BCUT2D eigenvalue weighted by Crippen LogP contribution is 2.25. The first-order valence-corrected chi connectivity index (χ1v) is 4.99. The molecule has 0 saturated heterocycles. The second-order valence-corrected chi connectivity index (χ2v) is 5.08. The first-order valence-electron chi connectivity index (χ1n) is 1.68. The highest BCUT2D eigenvalue weighted by atomic mass is 127. The SMILES string of the molecule is Clc1nsc(I)c1I. The van der Waals surface area contributed by atoms with Crippen molar-refractivity contribution in [3.8, 4) is 0 Å². The Balaban J connectivity index is 3.19. The lowest BCUT2D eigenvalue weighted by molar-refractivity contribution is 1.55. The molecule has 1 rings (SSSR count). The number of hydrogen-bond donors (Lipinski definition) is 0. The van der Waals surface area contributed by atoms with E-state index in [2.05, 4.69) is 49.6 Å². The minimum absolute atomic E-state index is 0.625. The van der Waals surface area contributed by atoms with Crippen molar-refractivity contribution in [2.75, 3.05) is 0 Å². The Morgan fingerprint density at radius 2 is 2.12 bits per heavy atom. The number of rotatable bonds is 0. The lowest BCUT2D eigenvalue weighted by Gasteiger charge is -1.77. The minimum atomic E-state index is 0.625. The molecule has 0 aromatic carbocycles. The monoisotopic (exact) mass is 371 g/mol. The largest absolute Gasteiger partial charge is 0.179 e. The standard InChI is InChI=1S/C3ClI2NS/c4-2-1(5)3(6)8-7-2. The predicted octanol–water partition coefficient (Wildman–Crippen LogP) is 3.01. The fourth-order valence-electron chi connectivity index (χ4n) is 0.241. The van der Waals surface area contributed by atoms with Crippen molar-refractivity contribution in [2.45, 2.75) is 0 Å². The van der Waals surface area contributed by atoms with Crippen molar-refractivity contribution in [1.29, 1.82) is 0 Å². The molecule has 0 unspecified atom stereocenters. The van der Waals surface area contributed by atoms with Crippen LogP contribution in [-0.4, -0.2) is 4.37 Å². The molecule has 0 N–H and O–H groups in total. The summed E-state index contributed by atoms with van der Waals surface area (Å²) in [6.07, 6.45) is 0. The Morgan fingerprint density at radius 3 is 2.25 bits per heavy atom. The molecule has 0 saturated carbocycles. The molecule has 0 aliphatic heterocycles. The van der Waals surface area contributed by atoms with E-state index in [1.165, 1.54) is 11.5 Å². The van der Waals surface area contributed by atoms with Gasteiger partial charge in [0.2, 0.25) is 0 Å². The summed E-state index contributed by atoms with van der Waals surface area (Å²) in [4.78, 5) is 0. The van der Waals surface area contributed by atoms with Gasteiger partial charge in [-0.3, -0.25) is 0 Å². The van der Waals surface area contributed by atoms with Gasteiger partial charge < -0.3 is 0 Å². The molecule has 0 radical (unpaired) electrons. The first-order chi connectivity index (χ1) is 3.72. The van der Waals surface area contributed by atoms with Crippen molar-refractivity contribution in [1.82, 2.24) is 4.37 Å². The summed E-state index contributed by atoms with van der Waals surface area (Å²) < 4.78 is 6.13. The maximum absolute atomic E-state index is 5.62. The van der Waals surface area contributed by atoms with Crippen LogP contribution in [0.15, 0.2) is 0 Å². The van der Waals surface area contributed by atoms with Gasteiger partial charge in [-0.25, -0.2) is 0 Å². The molecular formula is C3ClI2NS.